The van der Waals surface area contributed by atoms with Crippen molar-refractivity contribution >= 4 is 23.4 Å². The molecular formula is C11H14ClN. The summed E-state index contributed by atoms with van der Waals surface area (Å²) in [6, 6.07) is 4.12. The van der Waals surface area contributed by atoms with Gasteiger partial charge in [0.2, 0.25) is 0 Å². The molecule has 0 unspecified atom stereocenters. The van der Waals surface area contributed by atoms with E-state index in [1.54, 1.807) is 0 Å². The minimum Gasteiger partial charge on any atom is -0.398 e. The van der Waals surface area contributed by atoms with Crippen LogP contribution >= 0.6 is 11.6 Å². The number of benzene rings is 1. The molecule has 0 bridgehead atoms. The highest BCUT2D eigenvalue weighted by atomic mass is 35.5. The van der Waals surface area contributed by atoms with Crippen LogP contribution in [0.1, 0.15) is 16.7 Å². The largest absolute Gasteiger partial charge is 0.398 e. The molecule has 1 aromatic rings. The third kappa shape index (κ3) is 2.49. The van der Waals surface area contributed by atoms with Crippen LogP contribution in [0.2, 0.25) is 0 Å². The van der Waals surface area contributed by atoms with Gasteiger partial charge in [-0.2, -0.15) is 0 Å². The molecule has 0 radical (unpaired) electrons. The summed E-state index contributed by atoms with van der Waals surface area (Å²) in [7, 11) is 0. The van der Waals surface area contributed by atoms with Gasteiger partial charge in [0.25, 0.3) is 0 Å². The SMILES string of the molecule is Cc1cc(C=CCCl)cc(C)c1N. The summed E-state index contributed by atoms with van der Waals surface area (Å²) >= 11 is 5.55. The van der Waals surface area contributed by atoms with E-state index >= 15 is 0 Å². The van der Waals surface area contributed by atoms with Crippen LogP contribution in [-0.4, -0.2) is 5.88 Å². The summed E-state index contributed by atoms with van der Waals surface area (Å²) < 4.78 is 0. The first-order chi connectivity index (χ1) is 6.15. The lowest BCUT2D eigenvalue weighted by atomic mass is 10.0. The van der Waals surface area contributed by atoms with E-state index in [4.69, 9.17) is 17.3 Å². The monoisotopic (exact) mass is 195 g/mol. The van der Waals surface area contributed by atoms with Crippen molar-refractivity contribution in [2.24, 2.45) is 0 Å². The first-order valence-electron chi connectivity index (χ1n) is 4.24. The average Bonchev–Trinajstić information content (AvgIpc) is 2.10. The van der Waals surface area contributed by atoms with E-state index in [1.807, 2.05) is 26.0 Å². The van der Waals surface area contributed by atoms with Gasteiger partial charge in [0.15, 0.2) is 0 Å². The van der Waals surface area contributed by atoms with Crippen LogP contribution in [0.4, 0.5) is 5.69 Å². The Morgan fingerprint density at radius 3 is 2.31 bits per heavy atom. The van der Waals surface area contributed by atoms with Crippen LogP contribution in [0.25, 0.3) is 6.08 Å². The van der Waals surface area contributed by atoms with Crippen molar-refractivity contribution in [3.8, 4) is 0 Å². The van der Waals surface area contributed by atoms with Crippen molar-refractivity contribution in [3.05, 3.63) is 34.9 Å². The molecule has 0 fully saturated rings. The van der Waals surface area contributed by atoms with Crippen molar-refractivity contribution in [1.29, 1.82) is 0 Å². The normalized spacial score (nSPS) is 11.0. The number of allylic oxidation sites excluding steroid dienone is 1. The van der Waals surface area contributed by atoms with E-state index in [1.165, 1.54) is 0 Å². The molecule has 1 nitrogen and oxygen atoms in total. The fourth-order valence-corrected chi connectivity index (χ4v) is 1.37. The molecule has 0 aliphatic heterocycles. The molecule has 1 rings (SSSR count). The zero-order valence-electron chi connectivity index (χ0n) is 7.97. The van der Waals surface area contributed by atoms with E-state index < -0.39 is 0 Å². The number of halogens is 1. The Kier molecular flexibility index (Phi) is 3.38. The van der Waals surface area contributed by atoms with Crippen molar-refractivity contribution in [2.75, 3.05) is 11.6 Å². The third-order valence-corrected chi connectivity index (χ3v) is 2.19. The number of nitrogen functional groups attached to an aromatic ring is 1. The molecule has 0 aliphatic carbocycles. The summed E-state index contributed by atoms with van der Waals surface area (Å²) in [4.78, 5) is 0. The smallest absolute Gasteiger partial charge is 0.0407 e. The first kappa shape index (κ1) is 10.1. The summed E-state index contributed by atoms with van der Waals surface area (Å²) in [6.07, 6.45) is 3.93. The highest BCUT2D eigenvalue weighted by Gasteiger charge is 1.98. The fourth-order valence-electron chi connectivity index (χ4n) is 1.29. The second-order valence-corrected chi connectivity index (χ2v) is 3.43. The number of hydrogen-bond acceptors (Lipinski definition) is 1. The molecular weight excluding hydrogens is 182 g/mol. The van der Waals surface area contributed by atoms with Gasteiger partial charge in [0.1, 0.15) is 0 Å². The molecule has 0 aromatic heterocycles. The van der Waals surface area contributed by atoms with Crippen LogP contribution in [0.3, 0.4) is 0 Å². The van der Waals surface area contributed by atoms with Crippen LogP contribution in [0, 0.1) is 13.8 Å². The molecule has 0 aliphatic rings. The van der Waals surface area contributed by atoms with E-state index in [-0.39, 0.29) is 0 Å². The van der Waals surface area contributed by atoms with Gasteiger partial charge >= 0.3 is 0 Å². The second-order valence-electron chi connectivity index (χ2n) is 3.13. The van der Waals surface area contributed by atoms with Crippen molar-refractivity contribution < 1.29 is 0 Å². The van der Waals surface area contributed by atoms with Gasteiger partial charge in [-0.05, 0) is 42.7 Å². The van der Waals surface area contributed by atoms with Crippen molar-refractivity contribution in [1.82, 2.24) is 0 Å². The summed E-state index contributed by atoms with van der Waals surface area (Å²) in [5, 5.41) is 0. The van der Waals surface area contributed by atoms with Crippen molar-refractivity contribution in [2.45, 2.75) is 13.8 Å². The van der Waals surface area contributed by atoms with Gasteiger partial charge in [0, 0.05) is 11.6 Å². The molecule has 0 amide bonds. The predicted molar refractivity (Wildman–Crippen MR) is 60.1 cm³/mol. The second kappa shape index (κ2) is 4.33. The van der Waals surface area contributed by atoms with Crippen LogP contribution < -0.4 is 5.73 Å². The molecule has 2 N–H and O–H groups in total. The number of alkyl halides is 1. The Morgan fingerprint density at radius 1 is 1.31 bits per heavy atom. The van der Waals surface area contributed by atoms with E-state index in [0.717, 1.165) is 22.4 Å². The lowest BCUT2D eigenvalue weighted by Gasteiger charge is -2.05. The zero-order chi connectivity index (χ0) is 9.84. The van der Waals surface area contributed by atoms with E-state index in [9.17, 15) is 0 Å². The fraction of sp³-hybridized carbons (Fsp3) is 0.273. The highest BCUT2D eigenvalue weighted by Crippen LogP contribution is 2.19. The Bertz CT molecular complexity index is 306. The number of hydrogen-bond donors (Lipinski definition) is 1. The lowest BCUT2D eigenvalue weighted by Crippen LogP contribution is -1.93. The molecule has 2 heteroatoms. The molecule has 0 spiro atoms. The van der Waals surface area contributed by atoms with Gasteiger partial charge in [-0.1, -0.05) is 12.2 Å². The average molecular weight is 196 g/mol. The molecule has 1 aromatic carbocycles. The van der Waals surface area contributed by atoms with E-state index in [2.05, 4.69) is 12.1 Å². The Morgan fingerprint density at radius 2 is 1.85 bits per heavy atom. The molecule has 0 saturated carbocycles. The predicted octanol–water partition coefficient (Wildman–Crippen LogP) is 3.14. The highest BCUT2D eigenvalue weighted by molar-refractivity contribution is 6.19. The number of anilines is 1. The van der Waals surface area contributed by atoms with Crippen LogP contribution in [-0.2, 0) is 0 Å². The Labute approximate surface area is 84.2 Å². The number of nitrogens with two attached hydrogens (primary N) is 1. The quantitative estimate of drug-likeness (QED) is 0.570. The number of rotatable bonds is 2. The van der Waals surface area contributed by atoms with Gasteiger partial charge in [-0.25, -0.2) is 0 Å². The molecule has 70 valence electrons. The topological polar surface area (TPSA) is 26.0 Å². The minimum atomic E-state index is 0.544. The van der Waals surface area contributed by atoms with Gasteiger partial charge in [-0.3, -0.25) is 0 Å². The van der Waals surface area contributed by atoms with Gasteiger partial charge in [-0.15, -0.1) is 11.6 Å². The van der Waals surface area contributed by atoms with Crippen LogP contribution in [0.15, 0.2) is 18.2 Å². The molecule has 13 heavy (non-hydrogen) atoms. The third-order valence-electron chi connectivity index (χ3n) is 2.02. The summed E-state index contributed by atoms with van der Waals surface area (Å²) in [6.45, 7) is 4.03. The standard InChI is InChI=1S/C11H14ClN/c1-8-6-10(4-3-5-12)7-9(2)11(8)13/h3-4,6-7H,5,13H2,1-2H3. The summed E-state index contributed by atoms with van der Waals surface area (Å²) in [5.74, 6) is 0.544. The zero-order valence-corrected chi connectivity index (χ0v) is 8.73. The molecule has 0 atom stereocenters. The van der Waals surface area contributed by atoms with Crippen LogP contribution in [0.5, 0.6) is 0 Å². The molecule has 0 heterocycles. The maximum Gasteiger partial charge on any atom is 0.0407 e. The Hall–Kier alpha value is -0.950. The summed E-state index contributed by atoms with van der Waals surface area (Å²) in [5.41, 5.74) is 10.1. The maximum atomic E-state index is 5.83. The number of aryl methyl sites for hydroxylation is 2. The lowest BCUT2D eigenvalue weighted by molar-refractivity contribution is 1.38. The van der Waals surface area contributed by atoms with E-state index in [0.29, 0.717) is 5.88 Å². The Balaban J connectivity index is 3.06. The molecule has 0 saturated heterocycles. The maximum absolute atomic E-state index is 5.83. The minimum absolute atomic E-state index is 0.544. The van der Waals surface area contributed by atoms with Crippen molar-refractivity contribution in [3.63, 3.8) is 0 Å². The first-order valence-corrected chi connectivity index (χ1v) is 4.78. The van der Waals surface area contributed by atoms with Gasteiger partial charge < -0.3 is 5.73 Å². The van der Waals surface area contributed by atoms with Gasteiger partial charge in [0.05, 0.1) is 0 Å².